The summed E-state index contributed by atoms with van der Waals surface area (Å²) in [5.74, 6) is 0.913. The van der Waals surface area contributed by atoms with Crippen molar-refractivity contribution in [3.8, 4) is 11.3 Å². The van der Waals surface area contributed by atoms with Crippen molar-refractivity contribution in [3.05, 3.63) is 30.0 Å². The number of rotatable bonds is 4. The summed E-state index contributed by atoms with van der Waals surface area (Å²) in [6.45, 7) is 2.77. The first kappa shape index (κ1) is 21.6. The maximum absolute atomic E-state index is 11.6. The zero-order chi connectivity index (χ0) is 22.8. The maximum Gasteiger partial charge on any atom is 0.318 e. The zero-order valence-corrected chi connectivity index (χ0v) is 18.7. The van der Waals surface area contributed by atoms with Gasteiger partial charge in [-0.15, -0.1) is 0 Å². The molecular weight excluding hydrogens is 422 g/mol. The van der Waals surface area contributed by atoms with Gasteiger partial charge >= 0.3 is 6.03 Å². The van der Waals surface area contributed by atoms with E-state index in [1.165, 1.54) is 0 Å². The molecule has 10 nitrogen and oxygen atoms in total. The number of nitrogens with one attached hydrogen (secondary N) is 3. The lowest BCUT2D eigenvalue weighted by Crippen LogP contribution is -2.37. The van der Waals surface area contributed by atoms with E-state index in [0.29, 0.717) is 24.8 Å². The lowest BCUT2D eigenvalue weighted by atomic mass is 9.84. The largest absolute Gasteiger partial charge is 0.393 e. The second kappa shape index (κ2) is 9.32. The van der Waals surface area contributed by atoms with Gasteiger partial charge in [0.15, 0.2) is 5.65 Å². The molecule has 2 aliphatic rings. The molecule has 0 unspecified atom stereocenters. The first-order valence-corrected chi connectivity index (χ1v) is 11.5. The number of carbonyl (C=O) groups is 1. The van der Waals surface area contributed by atoms with E-state index in [9.17, 15) is 9.90 Å². The first-order valence-electron chi connectivity index (χ1n) is 11.5. The fourth-order valence-corrected chi connectivity index (χ4v) is 4.60. The topological polar surface area (TPSA) is 128 Å². The number of nitrogens with zero attached hydrogens (tertiary/aromatic N) is 4. The van der Waals surface area contributed by atoms with Crippen molar-refractivity contribution in [2.24, 2.45) is 0 Å². The van der Waals surface area contributed by atoms with Crippen molar-refractivity contribution < 1.29 is 14.6 Å². The van der Waals surface area contributed by atoms with E-state index in [1.807, 2.05) is 24.3 Å². The molecule has 33 heavy (non-hydrogen) atoms. The Bertz CT molecular complexity index is 1120. The third-order valence-electron chi connectivity index (χ3n) is 6.46. The Kier molecular flexibility index (Phi) is 6.10. The van der Waals surface area contributed by atoms with E-state index in [4.69, 9.17) is 14.7 Å². The van der Waals surface area contributed by atoms with Gasteiger partial charge in [0, 0.05) is 37.3 Å². The SMILES string of the molecule is CNC(=O)Nc1ccc(-c2nc(N3CCOCC3)nc3[nH]nc([C@H]4CC[C@@H](O)CC4)c23)cc1. The number of anilines is 2. The molecular formula is C23H29N7O3. The van der Waals surface area contributed by atoms with Crippen LogP contribution in [-0.4, -0.2) is 70.8 Å². The average Bonchev–Trinajstić information content (AvgIpc) is 3.29. The van der Waals surface area contributed by atoms with Crippen LogP contribution in [-0.2, 0) is 4.74 Å². The molecule has 1 saturated heterocycles. The first-order chi connectivity index (χ1) is 16.1. The van der Waals surface area contributed by atoms with Gasteiger partial charge in [0.05, 0.1) is 36.1 Å². The quantitative estimate of drug-likeness (QED) is 0.480. The molecule has 2 fully saturated rings. The number of H-pyrrole nitrogens is 1. The number of aliphatic hydroxyl groups is 1. The number of amides is 2. The number of aromatic nitrogens is 4. The molecule has 3 heterocycles. The monoisotopic (exact) mass is 451 g/mol. The van der Waals surface area contributed by atoms with E-state index in [-0.39, 0.29) is 18.1 Å². The van der Waals surface area contributed by atoms with Crippen LogP contribution in [0.4, 0.5) is 16.4 Å². The fourth-order valence-electron chi connectivity index (χ4n) is 4.60. The maximum atomic E-state index is 11.6. The van der Waals surface area contributed by atoms with Crippen LogP contribution in [0.1, 0.15) is 37.3 Å². The Hall–Kier alpha value is -3.24. The number of ether oxygens (including phenoxy) is 1. The minimum absolute atomic E-state index is 0.226. The second-order valence-corrected chi connectivity index (χ2v) is 8.59. The van der Waals surface area contributed by atoms with Gasteiger partial charge in [-0.1, -0.05) is 12.1 Å². The van der Waals surface area contributed by atoms with Crippen molar-refractivity contribution in [2.45, 2.75) is 37.7 Å². The summed E-state index contributed by atoms with van der Waals surface area (Å²) in [5, 5.41) is 24.0. The number of hydrogen-bond acceptors (Lipinski definition) is 7. The van der Waals surface area contributed by atoms with Gasteiger partial charge in [0.2, 0.25) is 5.95 Å². The van der Waals surface area contributed by atoms with Crippen LogP contribution in [0.2, 0.25) is 0 Å². The molecule has 1 aliphatic heterocycles. The van der Waals surface area contributed by atoms with Gasteiger partial charge in [0.25, 0.3) is 0 Å². The molecule has 0 bridgehead atoms. The molecule has 4 N–H and O–H groups in total. The van der Waals surface area contributed by atoms with Crippen LogP contribution in [0.25, 0.3) is 22.3 Å². The average molecular weight is 452 g/mol. The second-order valence-electron chi connectivity index (χ2n) is 8.59. The molecule has 5 rings (SSSR count). The lowest BCUT2D eigenvalue weighted by molar-refractivity contribution is 0.122. The highest BCUT2D eigenvalue weighted by molar-refractivity contribution is 5.94. The number of fused-ring (bicyclic) bond motifs is 1. The molecule has 174 valence electrons. The Morgan fingerprint density at radius 2 is 1.85 bits per heavy atom. The summed E-state index contributed by atoms with van der Waals surface area (Å²) in [5.41, 5.74) is 4.13. The fraction of sp³-hybridized carbons (Fsp3) is 0.478. The lowest BCUT2D eigenvalue weighted by Gasteiger charge is -2.27. The number of carbonyl (C=O) groups excluding carboxylic acids is 1. The number of aliphatic hydroxyl groups excluding tert-OH is 1. The van der Waals surface area contributed by atoms with Crippen LogP contribution >= 0.6 is 0 Å². The summed E-state index contributed by atoms with van der Waals surface area (Å²) in [7, 11) is 1.58. The van der Waals surface area contributed by atoms with E-state index >= 15 is 0 Å². The number of urea groups is 1. The highest BCUT2D eigenvalue weighted by Gasteiger charge is 2.28. The summed E-state index contributed by atoms with van der Waals surface area (Å²) in [4.78, 5) is 23.6. The van der Waals surface area contributed by atoms with Crippen molar-refractivity contribution >= 4 is 28.7 Å². The van der Waals surface area contributed by atoms with Crippen LogP contribution in [0.3, 0.4) is 0 Å². The van der Waals surface area contributed by atoms with Crippen molar-refractivity contribution in [1.82, 2.24) is 25.5 Å². The molecule has 0 atom stereocenters. The molecule has 0 spiro atoms. The van der Waals surface area contributed by atoms with Crippen molar-refractivity contribution in [1.29, 1.82) is 0 Å². The minimum Gasteiger partial charge on any atom is -0.393 e. The van der Waals surface area contributed by atoms with Gasteiger partial charge in [-0.2, -0.15) is 10.1 Å². The molecule has 2 amide bonds. The molecule has 1 aromatic carbocycles. The summed E-state index contributed by atoms with van der Waals surface area (Å²) in [6, 6.07) is 7.38. The summed E-state index contributed by atoms with van der Waals surface area (Å²) < 4.78 is 5.49. The van der Waals surface area contributed by atoms with Gasteiger partial charge in [-0.3, -0.25) is 5.10 Å². The van der Waals surface area contributed by atoms with Gasteiger partial charge < -0.3 is 25.4 Å². The Morgan fingerprint density at radius 1 is 1.12 bits per heavy atom. The van der Waals surface area contributed by atoms with Crippen LogP contribution in [0.15, 0.2) is 24.3 Å². The Balaban J connectivity index is 1.57. The van der Waals surface area contributed by atoms with Crippen LogP contribution in [0.5, 0.6) is 0 Å². The van der Waals surface area contributed by atoms with E-state index in [2.05, 4.69) is 25.7 Å². The normalized spacial score (nSPS) is 21.2. The zero-order valence-electron chi connectivity index (χ0n) is 18.7. The van der Waals surface area contributed by atoms with Crippen LogP contribution < -0.4 is 15.5 Å². The van der Waals surface area contributed by atoms with Crippen molar-refractivity contribution in [2.75, 3.05) is 43.6 Å². The number of hydrogen-bond donors (Lipinski definition) is 4. The van der Waals surface area contributed by atoms with Crippen molar-refractivity contribution in [3.63, 3.8) is 0 Å². The van der Waals surface area contributed by atoms with Gasteiger partial charge in [0.1, 0.15) is 0 Å². The molecule has 2 aromatic heterocycles. The van der Waals surface area contributed by atoms with Crippen LogP contribution in [0, 0.1) is 0 Å². The minimum atomic E-state index is -0.265. The molecule has 10 heteroatoms. The Morgan fingerprint density at radius 3 is 2.55 bits per heavy atom. The standard InChI is InChI=1S/C23H29N7O3/c1-24-23(32)25-16-6-2-14(3-7-16)19-18-20(15-4-8-17(31)9-5-15)28-29-21(18)27-22(26-19)30-10-12-33-13-11-30/h2-3,6-7,15,17,31H,4-5,8-13H2,1H3,(H2,24,25,32)(H,26,27,28,29)/t15-,17+. The highest BCUT2D eigenvalue weighted by atomic mass is 16.5. The predicted molar refractivity (Wildman–Crippen MR) is 125 cm³/mol. The van der Waals surface area contributed by atoms with E-state index < -0.39 is 0 Å². The molecule has 0 radical (unpaired) electrons. The van der Waals surface area contributed by atoms with Gasteiger partial charge in [-0.05, 0) is 37.8 Å². The molecule has 1 saturated carbocycles. The predicted octanol–water partition coefficient (Wildman–Crippen LogP) is 2.63. The summed E-state index contributed by atoms with van der Waals surface area (Å²) >= 11 is 0. The van der Waals surface area contributed by atoms with Gasteiger partial charge in [-0.25, -0.2) is 9.78 Å². The Labute approximate surface area is 191 Å². The number of morpholine rings is 1. The number of aromatic amines is 1. The van der Waals surface area contributed by atoms with E-state index in [0.717, 1.165) is 66.8 Å². The molecule has 3 aromatic rings. The third-order valence-corrected chi connectivity index (χ3v) is 6.46. The highest BCUT2D eigenvalue weighted by Crippen LogP contribution is 2.39. The smallest absolute Gasteiger partial charge is 0.318 e. The third kappa shape index (κ3) is 4.49. The summed E-state index contributed by atoms with van der Waals surface area (Å²) in [6.07, 6.45) is 3.11. The molecule has 1 aliphatic carbocycles. The van der Waals surface area contributed by atoms with E-state index in [1.54, 1.807) is 7.05 Å². The number of benzene rings is 1.